The van der Waals surface area contributed by atoms with Gasteiger partial charge in [-0.05, 0) is 29.8 Å². The Hall–Kier alpha value is -3.58. The largest absolute Gasteiger partial charge is 0.327 e. The third kappa shape index (κ3) is 3.47. The average molecular weight is 393 g/mol. The number of carbonyl (C=O) groups excluding carboxylic acids is 1. The predicted molar refractivity (Wildman–Crippen MR) is 106 cm³/mol. The number of amides is 1. The lowest BCUT2D eigenvalue weighted by Crippen LogP contribution is -2.25. The van der Waals surface area contributed by atoms with Gasteiger partial charge in [0.1, 0.15) is 5.84 Å². The second-order valence-electron chi connectivity index (χ2n) is 6.15. The van der Waals surface area contributed by atoms with Crippen LogP contribution in [0.15, 0.2) is 81.9 Å². The summed E-state index contributed by atoms with van der Waals surface area (Å²) < 4.78 is 0. The van der Waals surface area contributed by atoms with Gasteiger partial charge in [0.25, 0.3) is 11.6 Å². The van der Waals surface area contributed by atoms with Gasteiger partial charge in [0, 0.05) is 36.0 Å². The number of rotatable bonds is 2. The number of nitro groups is 1. The lowest BCUT2D eigenvalue weighted by molar-refractivity contribution is -0.384. The molecule has 0 spiro atoms. The van der Waals surface area contributed by atoms with Crippen LogP contribution in [0.3, 0.4) is 0 Å². The smallest absolute Gasteiger partial charge is 0.279 e. The molecule has 28 heavy (non-hydrogen) atoms. The minimum Gasteiger partial charge on any atom is -0.327 e. The van der Waals surface area contributed by atoms with Crippen LogP contribution in [0, 0.1) is 10.1 Å². The Morgan fingerprint density at radius 1 is 1.14 bits per heavy atom. The van der Waals surface area contributed by atoms with Gasteiger partial charge in [-0.15, -0.1) is 0 Å². The lowest BCUT2D eigenvalue weighted by atomic mass is 10.1. The number of allylic oxidation sites excluding steroid dienone is 2. The zero-order valence-corrected chi connectivity index (χ0v) is 15.2. The van der Waals surface area contributed by atoms with Crippen molar-refractivity contribution in [2.45, 2.75) is 6.54 Å². The Morgan fingerprint density at radius 2 is 1.89 bits per heavy atom. The maximum Gasteiger partial charge on any atom is 0.279 e. The third-order valence-corrected chi connectivity index (χ3v) is 4.54. The fourth-order valence-electron chi connectivity index (χ4n) is 2.94. The van der Waals surface area contributed by atoms with Crippen molar-refractivity contribution in [3.63, 3.8) is 0 Å². The molecule has 2 aromatic carbocycles. The molecule has 7 nitrogen and oxygen atoms in total. The molecule has 0 saturated heterocycles. The van der Waals surface area contributed by atoms with E-state index in [-0.39, 0.29) is 17.1 Å². The van der Waals surface area contributed by atoms with Gasteiger partial charge in [-0.2, -0.15) is 4.99 Å². The summed E-state index contributed by atoms with van der Waals surface area (Å²) in [5, 5.41) is 11.4. The number of benzene rings is 2. The molecule has 1 amide bonds. The molecular weight excluding hydrogens is 380 g/mol. The lowest BCUT2D eigenvalue weighted by Gasteiger charge is -2.21. The van der Waals surface area contributed by atoms with Gasteiger partial charge >= 0.3 is 0 Å². The van der Waals surface area contributed by atoms with Crippen LogP contribution in [0.4, 0.5) is 5.69 Å². The first-order valence-corrected chi connectivity index (χ1v) is 8.75. The zero-order chi connectivity index (χ0) is 19.7. The Bertz CT molecular complexity index is 1100. The standard InChI is InChI=1S/C20H13ClN4O3/c21-15-7-10-18-22-19(17-4-2-1-3-14(17)11-24(18)12-15)23-20(26)13-5-8-16(9-6-13)25(27)28/h1-10,12H,11H2. The molecule has 0 N–H and O–H groups in total. The predicted octanol–water partition coefficient (Wildman–Crippen LogP) is 4.05. The highest BCUT2D eigenvalue weighted by Gasteiger charge is 2.22. The van der Waals surface area contributed by atoms with Crippen molar-refractivity contribution in [2.24, 2.45) is 9.98 Å². The van der Waals surface area contributed by atoms with Gasteiger partial charge in [0.05, 0.1) is 9.96 Å². The van der Waals surface area contributed by atoms with E-state index in [1.54, 1.807) is 18.4 Å². The van der Waals surface area contributed by atoms with Gasteiger partial charge in [0.2, 0.25) is 0 Å². The van der Waals surface area contributed by atoms with E-state index in [1.807, 2.05) is 29.2 Å². The van der Waals surface area contributed by atoms with Crippen molar-refractivity contribution in [3.8, 4) is 0 Å². The number of nitro benzene ring substituents is 1. The third-order valence-electron chi connectivity index (χ3n) is 4.32. The number of hydrogen-bond donors (Lipinski definition) is 0. The molecule has 0 aliphatic carbocycles. The maximum absolute atomic E-state index is 12.6. The summed E-state index contributed by atoms with van der Waals surface area (Å²) in [4.78, 5) is 33.5. The van der Waals surface area contributed by atoms with E-state index in [9.17, 15) is 14.9 Å². The van der Waals surface area contributed by atoms with Gasteiger partial charge < -0.3 is 4.90 Å². The highest BCUT2D eigenvalue weighted by atomic mass is 35.5. The number of halogens is 1. The van der Waals surface area contributed by atoms with E-state index in [1.165, 1.54) is 24.3 Å². The highest BCUT2D eigenvalue weighted by Crippen LogP contribution is 2.23. The summed E-state index contributed by atoms with van der Waals surface area (Å²) in [6.07, 6.45) is 5.26. The summed E-state index contributed by atoms with van der Waals surface area (Å²) in [6.45, 7) is 0.542. The van der Waals surface area contributed by atoms with Gasteiger partial charge in [-0.3, -0.25) is 14.9 Å². The Morgan fingerprint density at radius 3 is 2.64 bits per heavy atom. The van der Waals surface area contributed by atoms with Crippen molar-refractivity contribution in [1.82, 2.24) is 4.90 Å². The molecule has 0 unspecified atom stereocenters. The fourth-order valence-corrected chi connectivity index (χ4v) is 3.12. The second kappa shape index (κ2) is 7.21. The molecule has 138 valence electrons. The summed E-state index contributed by atoms with van der Waals surface area (Å²) in [5.74, 6) is 0.384. The Labute approximate surface area is 165 Å². The van der Waals surface area contributed by atoms with E-state index in [0.717, 1.165) is 11.1 Å². The highest BCUT2D eigenvalue weighted by molar-refractivity contribution is 6.32. The van der Waals surface area contributed by atoms with Crippen LogP contribution in [0.1, 0.15) is 21.5 Å². The van der Waals surface area contributed by atoms with Gasteiger partial charge in [0.15, 0.2) is 5.84 Å². The van der Waals surface area contributed by atoms with E-state index in [0.29, 0.717) is 17.4 Å². The van der Waals surface area contributed by atoms with Crippen LogP contribution in [0.2, 0.25) is 0 Å². The number of carbonyl (C=O) groups is 1. The molecule has 8 heteroatoms. The minimum absolute atomic E-state index is 0.0871. The van der Waals surface area contributed by atoms with Crippen molar-refractivity contribution in [1.29, 1.82) is 0 Å². The van der Waals surface area contributed by atoms with Crippen molar-refractivity contribution in [3.05, 3.63) is 98.7 Å². The van der Waals surface area contributed by atoms with Crippen LogP contribution >= 0.6 is 11.6 Å². The monoisotopic (exact) mass is 392 g/mol. The van der Waals surface area contributed by atoms with Gasteiger partial charge in [-0.25, -0.2) is 4.99 Å². The molecule has 2 aromatic rings. The van der Waals surface area contributed by atoms with E-state index < -0.39 is 10.8 Å². The molecule has 0 radical (unpaired) electrons. The normalized spacial score (nSPS) is 16.6. The van der Waals surface area contributed by atoms with Crippen molar-refractivity contribution in [2.75, 3.05) is 0 Å². The summed E-state index contributed by atoms with van der Waals surface area (Å²) in [7, 11) is 0. The van der Waals surface area contributed by atoms with Gasteiger partial charge in [-0.1, -0.05) is 35.9 Å². The SMILES string of the molecule is O=C(N=C1N=C2C=CC(Cl)=CN2Cc2ccccc21)c1ccc([N+](=O)[O-])cc1. The Kier molecular flexibility index (Phi) is 4.58. The molecule has 2 aliphatic rings. The van der Waals surface area contributed by atoms with E-state index in [2.05, 4.69) is 9.98 Å². The van der Waals surface area contributed by atoms with Crippen molar-refractivity contribution >= 4 is 34.9 Å². The van der Waals surface area contributed by atoms with Crippen LogP contribution in [0.25, 0.3) is 0 Å². The fraction of sp³-hybridized carbons (Fsp3) is 0.0500. The number of amidine groups is 2. The first-order valence-electron chi connectivity index (χ1n) is 8.38. The molecular formula is C20H13ClN4O3. The first-order chi connectivity index (χ1) is 13.5. The number of non-ortho nitro benzene ring substituents is 1. The summed E-state index contributed by atoms with van der Waals surface area (Å²) in [6, 6.07) is 12.9. The van der Waals surface area contributed by atoms with E-state index in [4.69, 9.17) is 11.6 Å². The number of nitrogens with zero attached hydrogens (tertiary/aromatic N) is 4. The van der Waals surface area contributed by atoms with Crippen LogP contribution in [0.5, 0.6) is 0 Å². The number of aliphatic imine (C=N–C) groups is 2. The molecule has 2 aliphatic heterocycles. The van der Waals surface area contributed by atoms with Crippen LogP contribution in [-0.4, -0.2) is 27.4 Å². The van der Waals surface area contributed by atoms with Crippen LogP contribution in [-0.2, 0) is 6.54 Å². The molecule has 4 rings (SSSR count). The van der Waals surface area contributed by atoms with Crippen molar-refractivity contribution < 1.29 is 9.72 Å². The molecule has 0 saturated carbocycles. The second-order valence-corrected chi connectivity index (χ2v) is 6.58. The summed E-state index contributed by atoms with van der Waals surface area (Å²) in [5.41, 5.74) is 1.86. The van der Waals surface area contributed by atoms with Crippen LogP contribution < -0.4 is 0 Å². The maximum atomic E-state index is 12.6. The molecule has 0 aromatic heterocycles. The average Bonchev–Trinajstić information content (AvgIpc) is 2.84. The molecule has 0 bridgehead atoms. The molecule has 0 fully saturated rings. The van der Waals surface area contributed by atoms with E-state index >= 15 is 0 Å². The zero-order valence-electron chi connectivity index (χ0n) is 14.4. The minimum atomic E-state index is -0.522. The topological polar surface area (TPSA) is 88.2 Å². The quantitative estimate of drug-likeness (QED) is 0.569. The molecule has 0 atom stereocenters. The molecule has 2 heterocycles. The summed E-state index contributed by atoms with van der Waals surface area (Å²) >= 11 is 6.10. The number of hydrogen-bond acceptors (Lipinski definition) is 4. The Balaban J connectivity index is 1.76. The number of fused-ring (bicyclic) bond motifs is 2. The first kappa shape index (κ1) is 17.8.